The molecule has 2 amide bonds. The number of carbonyl (C=O) groups excluding carboxylic acids is 2. The number of nitrogens with zero attached hydrogens (tertiary/aromatic N) is 1. The van der Waals surface area contributed by atoms with Crippen molar-refractivity contribution in [1.82, 2.24) is 10.2 Å². The van der Waals surface area contributed by atoms with Crippen molar-refractivity contribution in [2.24, 2.45) is 11.8 Å². The lowest BCUT2D eigenvalue weighted by Crippen LogP contribution is -2.59. The Hall–Kier alpha value is -1.10. The highest BCUT2D eigenvalue weighted by Crippen LogP contribution is 2.19. The van der Waals surface area contributed by atoms with Gasteiger partial charge in [-0.1, -0.05) is 13.8 Å². The number of amides is 2. The normalized spacial score (nSPS) is 25.8. The van der Waals surface area contributed by atoms with Crippen LogP contribution in [0, 0.1) is 11.8 Å². The maximum Gasteiger partial charge on any atom is 0.245 e. The van der Waals surface area contributed by atoms with Gasteiger partial charge in [-0.05, 0) is 31.1 Å². The number of hydrogen-bond donors (Lipinski definition) is 1. The molecule has 1 N–H and O–H groups in total. The van der Waals surface area contributed by atoms with Crippen molar-refractivity contribution >= 4 is 11.8 Å². The van der Waals surface area contributed by atoms with Crippen molar-refractivity contribution in [3.05, 3.63) is 0 Å². The van der Waals surface area contributed by atoms with E-state index in [0.717, 1.165) is 32.5 Å². The zero-order valence-corrected chi connectivity index (χ0v) is 11.9. The number of ether oxygens (including phenoxy) is 1. The van der Waals surface area contributed by atoms with E-state index in [2.05, 4.69) is 19.2 Å². The Kier molecular flexibility index (Phi) is 4.80. The third-order valence-corrected chi connectivity index (χ3v) is 3.81. The van der Waals surface area contributed by atoms with E-state index in [1.54, 1.807) is 4.90 Å². The Morgan fingerprint density at radius 1 is 1.32 bits per heavy atom. The molecule has 0 aromatic rings. The van der Waals surface area contributed by atoms with Gasteiger partial charge >= 0.3 is 0 Å². The van der Waals surface area contributed by atoms with Crippen molar-refractivity contribution in [2.45, 2.75) is 39.2 Å². The second-order valence-corrected chi connectivity index (χ2v) is 6.02. The topological polar surface area (TPSA) is 58.6 Å². The highest BCUT2D eigenvalue weighted by molar-refractivity contribution is 5.94. The Morgan fingerprint density at radius 2 is 2.00 bits per heavy atom. The van der Waals surface area contributed by atoms with Gasteiger partial charge in [-0.25, -0.2) is 0 Å². The molecule has 0 radical (unpaired) electrons. The van der Waals surface area contributed by atoms with E-state index in [1.807, 2.05) is 0 Å². The van der Waals surface area contributed by atoms with Gasteiger partial charge in [0.05, 0.1) is 6.54 Å². The molecule has 2 rings (SSSR count). The van der Waals surface area contributed by atoms with Crippen LogP contribution in [0.1, 0.15) is 33.1 Å². The van der Waals surface area contributed by atoms with Crippen LogP contribution < -0.4 is 5.32 Å². The van der Waals surface area contributed by atoms with E-state index in [1.165, 1.54) is 0 Å². The molecule has 108 valence electrons. The van der Waals surface area contributed by atoms with Crippen molar-refractivity contribution < 1.29 is 14.3 Å². The second-order valence-electron chi connectivity index (χ2n) is 6.02. The molecule has 0 bridgehead atoms. The number of nitrogens with one attached hydrogen (secondary N) is 1. The van der Waals surface area contributed by atoms with Gasteiger partial charge in [0.2, 0.25) is 11.8 Å². The zero-order chi connectivity index (χ0) is 13.8. The number of hydrogen-bond acceptors (Lipinski definition) is 3. The van der Waals surface area contributed by atoms with Gasteiger partial charge in [0, 0.05) is 19.8 Å². The molecule has 1 unspecified atom stereocenters. The Bertz CT molecular complexity index is 338. The van der Waals surface area contributed by atoms with Crippen molar-refractivity contribution in [1.29, 1.82) is 0 Å². The van der Waals surface area contributed by atoms with Crippen molar-refractivity contribution in [3.8, 4) is 0 Å². The van der Waals surface area contributed by atoms with Crippen LogP contribution in [0.3, 0.4) is 0 Å². The van der Waals surface area contributed by atoms with Crippen LogP contribution in [-0.2, 0) is 14.3 Å². The van der Waals surface area contributed by atoms with E-state index in [9.17, 15) is 9.59 Å². The standard InChI is InChI=1S/C14H24N2O3/c1-10(2)7-12-14(18)16(9-13(17)15-12)8-11-3-5-19-6-4-11/h10-12H,3-9H2,1-2H3,(H,15,17). The minimum absolute atomic E-state index is 0.0303. The summed E-state index contributed by atoms with van der Waals surface area (Å²) in [6, 6.07) is -0.332. The third-order valence-electron chi connectivity index (χ3n) is 3.81. The molecule has 2 heterocycles. The fraction of sp³-hybridized carbons (Fsp3) is 0.857. The molecule has 0 aromatic heterocycles. The summed E-state index contributed by atoms with van der Waals surface area (Å²) in [4.78, 5) is 25.8. The highest BCUT2D eigenvalue weighted by atomic mass is 16.5. The summed E-state index contributed by atoms with van der Waals surface area (Å²) in [7, 11) is 0. The average molecular weight is 268 g/mol. The Morgan fingerprint density at radius 3 is 2.63 bits per heavy atom. The van der Waals surface area contributed by atoms with E-state index in [4.69, 9.17) is 4.74 Å². The first kappa shape index (κ1) is 14.3. The molecule has 5 nitrogen and oxygen atoms in total. The third kappa shape index (κ3) is 3.93. The fourth-order valence-electron chi connectivity index (χ4n) is 2.80. The summed E-state index contributed by atoms with van der Waals surface area (Å²) in [5.41, 5.74) is 0. The van der Waals surface area contributed by atoms with Crippen LogP contribution in [0.5, 0.6) is 0 Å². The maximum atomic E-state index is 12.4. The molecule has 2 fully saturated rings. The number of piperazine rings is 1. The first-order chi connectivity index (χ1) is 9.06. The Balaban J connectivity index is 1.94. The van der Waals surface area contributed by atoms with E-state index in [0.29, 0.717) is 18.4 Å². The summed E-state index contributed by atoms with van der Waals surface area (Å²) >= 11 is 0. The van der Waals surface area contributed by atoms with Gasteiger partial charge in [0.1, 0.15) is 6.04 Å². The minimum Gasteiger partial charge on any atom is -0.381 e. The summed E-state index contributed by atoms with van der Waals surface area (Å²) in [5.74, 6) is 0.928. The molecular formula is C14H24N2O3. The van der Waals surface area contributed by atoms with Crippen LogP contribution in [0.25, 0.3) is 0 Å². The fourth-order valence-corrected chi connectivity index (χ4v) is 2.80. The largest absolute Gasteiger partial charge is 0.381 e. The Labute approximate surface area is 114 Å². The van der Waals surface area contributed by atoms with Gasteiger partial charge in [-0.2, -0.15) is 0 Å². The minimum atomic E-state index is -0.332. The summed E-state index contributed by atoms with van der Waals surface area (Å²) < 4.78 is 5.33. The lowest BCUT2D eigenvalue weighted by atomic mass is 9.97. The number of rotatable bonds is 4. The quantitative estimate of drug-likeness (QED) is 0.820. The monoisotopic (exact) mass is 268 g/mol. The molecule has 1 atom stereocenters. The first-order valence-electron chi connectivity index (χ1n) is 7.22. The highest BCUT2D eigenvalue weighted by Gasteiger charge is 2.34. The van der Waals surface area contributed by atoms with Gasteiger partial charge in [0.25, 0.3) is 0 Å². The molecule has 0 spiro atoms. The van der Waals surface area contributed by atoms with Gasteiger partial charge in [0.15, 0.2) is 0 Å². The van der Waals surface area contributed by atoms with Crippen LogP contribution in [0.2, 0.25) is 0 Å². The predicted molar refractivity (Wildman–Crippen MR) is 71.5 cm³/mol. The van der Waals surface area contributed by atoms with Crippen LogP contribution in [-0.4, -0.2) is 49.1 Å². The van der Waals surface area contributed by atoms with Gasteiger partial charge < -0.3 is 15.0 Å². The molecule has 0 aliphatic carbocycles. The summed E-state index contributed by atoms with van der Waals surface area (Å²) in [6.07, 6.45) is 2.69. The first-order valence-corrected chi connectivity index (χ1v) is 7.22. The number of carbonyl (C=O) groups is 2. The smallest absolute Gasteiger partial charge is 0.245 e. The second kappa shape index (κ2) is 6.37. The average Bonchev–Trinajstić information content (AvgIpc) is 2.35. The van der Waals surface area contributed by atoms with E-state index >= 15 is 0 Å². The summed E-state index contributed by atoms with van der Waals surface area (Å²) in [5, 5.41) is 2.81. The SMILES string of the molecule is CC(C)CC1NC(=O)CN(CC2CCOCC2)C1=O. The van der Waals surface area contributed by atoms with Crippen molar-refractivity contribution in [2.75, 3.05) is 26.3 Å². The molecule has 2 aliphatic rings. The lowest BCUT2D eigenvalue weighted by Gasteiger charge is -2.36. The predicted octanol–water partition coefficient (Wildman–Crippen LogP) is 0.786. The van der Waals surface area contributed by atoms with Gasteiger partial charge in [-0.3, -0.25) is 9.59 Å². The molecule has 2 saturated heterocycles. The van der Waals surface area contributed by atoms with Crippen LogP contribution >= 0.6 is 0 Å². The molecule has 0 aromatic carbocycles. The van der Waals surface area contributed by atoms with E-state index in [-0.39, 0.29) is 24.4 Å². The molecule has 5 heteroatoms. The summed E-state index contributed by atoms with van der Waals surface area (Å²) in [6.45, 7) is 6.59. The molecule has 19 heavy (non-hydrogen) atoms. The maximum absolute atomic E-state index is 12.4. The zero-order valence-electron chi connectivity index (χ0n) is 11.9. The van der Waals surface area contributed by atoms with E-state index < -0.39 is 0 Å². The van der Waals surface area contributed by atoms with Crippen LogP contribution in [0.15, 0.2) is 0 Å². The van der Waals surface area contributed by atoms with Gasteiger partial charge in [-0.15, -0.1) is 0 Å². The van der Waals surface area contributed by atoms with Crippen LogP contribution in [0.4, 0.5) is 0 Å². The lowest BCUT2D eigenvalue weighted by molar-refractivity contribution is -0.145. The molecule has 2 aliphatic heterocycles. The molecule has 0 saturated carbocycles. The molecular weight excluding hydrogens is 244 g/mol. The van der Waals surface area contributed by atoms with Crippen molar-refractivity contribution in [3.63, 3.8) is 0 Å².